The lowest BCUT2D eigenvalue weighted by Gasteiger charge is -2.19. The third kappa shape index (κ3) is 7.45. The summed E-state index contributed by atoms with van der Waals surface area (Å²) in [6, 6.07) is 14.7. The molecule has 2 aromatic rings. The topological polar surface area (TPSA) is 123 Å². The van der Waals surface area contributed by atoms with Crippen LogP contribution in [-0.2, 0) is 19.0 Å². The average Bonchev–Trinajstić information content (AvgIpc) is 3.11. The summed E-state index contributed by atoms with van der Waals surface area (Å²) < 4.78 is 15.9. The monoisotopic (exact) mass is 484 g/mol. The molecule has 0 unspecified atom stereocenters. The number of alkyl carbamates (subject to hydrolysis) is 2. The maximum absolute atomic E-state index is 12.3. The Bertz CT molecular complexity index is 1000. The van der Waals surface area contributed by atoms with E-state index in [9.17, 15) is 19.5 Å². The number of carboxylic acids is 1. The molecule has 188 valence electrons. The van der Waals surface area contributed by atoms with Crippen molar-refractivity contribution in [1.82, 2.24) is 10.6 Å². The van der Waals surface area contributed by atoms with Crippen molar-refractivity contribution < 1.29 is 33.7 Å². The van der Waals surface area contributed by atoms with Gasteiger partial charge < -0.3 is 30.0 Å². The minimum Gasteiger partial charge on any atom is -0.480 e. The van der Waals surface area contributed by atoms with Gasteiger partial charge in [-0.2, -0.15) is 0 Å². The number of carbonyl (C=O) groups is 3. The van der Waals surface area contributed by atoms with E-state index in [-0.39, 0.29) is 25.7 Å². The van der Waals surface area contributed by atoms with Gasteiger partial charge in [0.1, 0.15) is 12.2 Å². The Morgan fingerprint density at radius 3 is 2.14 bits per heavy atom. The van der Waals surface area contributed by atoms with E-state index in [0.717, 1.165) is 22.3 Å². The number of nitrogens with one attached hydrogen (secondary N) is 2. The highest BCUT2D eigenvalue weighted by atomic mass is 16.6. The first-order valence-electron chi connectivity index (χ1n) is 11.5. The quantitative estimate of drug-likeness (QED) is 0.437. The van der Waals surface area contributed by atoms with Gasteiger partial charge in [0.2, 0.25) is 0 Å². The first-order chi connectivity index (χ1) is 16.7. The zero-order valence-electron chi connectivity index (χ0n) is 20.2. The van der Waals surface area contributed by atoms with E-state index in [0.29, 0.717) is 13.0 Å². The number of carboxylic acid groups (broad SMARTS) is 1. The number of carbonyl (C=O) groups excluding carboxylic acids is 2. The highest BCUT2D eigenvalue weighted by Crippen LogP contribution is 2.44. The molecule has 0 fully saturated rings. The van der Waals surface area contributed by atoms with Crippen molar-refractivity contribution in [3.8, 4) is 11.1 Å². The number of amides is 2. The molecule has 0 radical (unpaired) electrons. The molecule has 0 heterocycles. The van der Waals surface area contributed by atoms with E-state index in [1.165, 1.54) is 0 Å². The summed E-state index contributed by atoms with van der Waals surface area (Å²) in [6.45, 7) is 5.68. The second kappa shape index (κ2) is 11.7. The fourth-order valence-corrected chi connectivity index (χ4v) is 3.84. The summed E-state index contributed by atoms with van der Waals surface area (Å²) in [5.74, 6) is -1.35. The molecule has 0 spiro atoms. The fraction of sp³-hybridized carbons (Fsp3) is 0.423. The molecule has 0 bridgehead atoms. The van der Waals surface area contributed by atoms with Gasteiger partial charge in [-0.1, -0.05) is 48.5 Å². The Hall–Kier alpha value is -3.59. The number of aliphatic carboxylic acids is 1. The van der Waals surface area contributed by atoms with Crippen molar-refractivity contribution >= 4 is 18.2 Å². The van der Waals surface area contributed by atoms with Gasteiger partial charge in [0, 0.05) is 19.1 Å². The molecule has 35 heavy (non-hydrogen) atoms. The zero-order valence-corrected chi connectivity index (χ0v) is 20.2. The van der Waals surface area contributed by atoms with E-state index in [2.05, 4.69) is 10.6 Å². The van der Waals surface area contributed by atoms with Crippen molar-refractivity contribution in [3.05, 3.63) is 59.7 Å². The molecule has 2 amide bonds. The van der Waals surface area contributed by atoms with Gasteiger partial charge in [0.05, 0.1) is 6.61 Å². The number of hydrogen-bond donors (Lipinski definition) is 3. The molecule has 0 saturated carbocycles. The van der Waals surface area contributed by atoms with Gasteiger partial charge in [-0.25, -0.2) is 14.4 Å². The summed E-state index contributed by atoms with van der Waals surface area (Å²) >= 11 is 0. The molecule has 1 aliphatic carbocycles. The standard InChI is InChI=1S/C26H32N2O7/c1-26(2,3)35-24(31)27-13-8-14-33-16-22(23(29)30)28-25(32)34-15-21-19-11-6-4-9-17(19)18-10-5-7-12-20(18)21/h4-7,9-12,21-22H,8,13-16H2,1-3H3,(H,27,31)(H,28,32)(H,29,30)/t22-/m0/s1. The molecule has 9 nitrogen and oxygen atoms in total. The van der Waals surface area contributed by atoms with Gasteiger partial charge in [-0.05, 0) is 49.4 Å². The van der Waals surface area contributed by atoms with E-state index in [1.807, 2.05) is 48.5 Å². The van der Waals surface area contributed by atoms with Crippen LogP contribution in [0.1, 0.15) is 44.2 Å². The summed E-state index contributed by atoms with van der Waals surface area (Å²) in [7, 11) is 0. The van der Waals surface area contributed by atoms with Crippen molar-refractivity contribution in [1.29, 1.82) is 0 Å². The number of rotatable bonds is 10. The number of hydrogen-bond acceptors (Lipinski definition) is 6. The van der Waals surface area contributed by atoms with Crippen LogP contribution in [-0.4, -0.2) is 61.3 Å². The highest BCUT2D eigenvalue weighted by Gasteiger charge is 2.29. The van der Waals surface area contributed by atoms with Crippen LogP contribution in [0, 0.1) is 0 Å². The number of ether oxygens (including phenoxy) is 3. The van der Waals surface area contributed by atoms with E-state index in [1.54, 1.807) is 20.8 Å². The molecule has 0 aliphatic heterocycles. The lowest BCUT2D eigenvalue weighted by Crippen LogP contribution is -2.44. The molecule has 0 saturated heterocycles. The normalized spacial score (nSPS) is 13.3. The summed E-state index contributed by atoms with van der Waals surface area (Å²) in [5, 5.41) is 14.4. The molecular weight excluding hydrogens is 452 g/mol. The Balaban J connectivity index is 1.42. The highest BCUT2D eigenvalue weighted by molar-refractivity contribution is 5.81. The molecule has 1 atom stereocenters. The summed E-state index contributed by atoms with van der Waals surface area (Å²) in [5.41, 5.74) is 3.77. The second-order valence-electron chi connectivity index (χ2n) is 9.22. The van der Waals surface area contributed by atoms with Gasteiger partial charge >= 0.3 is 18.2 Å². The maximum atomic E-state index is 12.3. The summed E-state index contributed by atoms with van der Waals surface area (Å²) in [4.78, 5) is 35.5. The van der Waals surface area contributed by atoms with Gasteiger partial charge in [0.15, 0.2) is 6.04 Å². The Kier molecular flexibility index (Phi) is 8.70. The van der Waals surface area contributed by atoms with Crippen LogP contribution in [0.15, 0.2) is 48.5 Å². The predicted molar refractivity (Wildman–Crippen MR) is 129 cm³/mol. The van der Waals surface area contributed by atoms with Crippen molar-refractivity contribution in [3.63, 3.8) is 0 Å². The van der Waals surface area contributed by atoms with E-state index < -0.39 is 29.8 Å². The van der Waals surface area contributed by atoms with Gasteiger partial charge in [-0.15, -0.1) is 0 Å². The van der Waals surface area contributed by atoms with Gasteiger partial charge in [-0.3, -0.25) is 0 Å². The number of benzene rings is 2. The minimum atomic E-state index is -1.26. The van der Waals surface area contributed by atoms with Crippen LogP contribution < -0.4 is 10.6 Å². The summed E-state index contributed by atoms with van der Waals surface area (Å²) in [6.07, 6.45) is -0.899. The molecule has 3 N–H and O–H groups in total. The maximum Gasteiger partial charge on any atom is 0.407 e. The lowest BCUT2D eigenvalue weighted by molar-refractivity contribution is -0.141. The fourth-order valence-electron chi connectivity index (χ4n) is 3.84. The Labute approximate surface area is 204 Å². The predicted octanol–water partition coefficient (Wildman–Crippen LogP) is 3.91. The smallest absolute Gasteiger partial charge is 0.407 e. The largest absolute Gasteiger partial charge is 0.480 e. The van der Waals surface area contributed by atoms with Gasteiger partial charge in [0.25, 0.3) is 0 Å². The van der Waals surface area contributed by atoms with Crippen molar-refractivity contribution in [2.75, 3.05) is 26.4 Å². The lowest BCUT2D eigenvalue weighted by atomic mass is 9.98. The van der Waals surface area contributed by atoms with Crippen molar-refractivity contribution in [2.45, 2.75) is 44.8 Å². The number of fused-ring (bicyclic) bond motifs is 3. The molecule has 2 aromatic carbocycles. The SMILES string of the molecule is CC(C)(C)OC(=O)NCCCOC[C@H](NC(=O)OCC1c2ccccc2-c2ccccc21)C(=O)O. The third-order valence-electron chi connectivity index (χ3n) is 5.35. The van der Waals surface area contributed by atoms with Crippen LogP contribution in [0.5, 0.6) is 0 Å². The second-order valence-corrected chi connectivity index (χ2v) is 9.22. The van der Waals surface area contributed by atoms with Crippen LogP contribution in [0.4, 0.5) is 9.59 Å². The zero-order chi connectivity index (χ0) is 25.4. The van der Waals surface area contributed by atoms with Crippen LogP contribution in [0.2, 0.25) is 0 Å². The molecule has 9 heteroatoms. The first-order valence-corrected chi connectivity index (χ1v) is 11.5. The first kappa shape index (κ1) is 26.0. The molecule has 0 aromatic heterocycles. The van der Waals surface area contributed by atoms with Crippen molar-refractivity contribution in [2.24, 2.45) is 0 Å². The Morgan fingerprint density at radius 2 is 1.57 bits per heavy atom. The minimum absolute atomic E-state index is 0.0867. The van der Waals surface area contributed by atoms with E-state index in [4.69, 9.17) is 14.2 Å². The average molecular weight is 485 g/mol. The van der Waals surface area contributed by atoms with E-state index >= 15 is 0 Å². The van der Waals surface area contributed by atoms with Crippen LogP contribution in [0.3, 0.4) is 0 Å². The van der Waals surface area contributed by atoms with Crippen LogP contribution >= 0.6 is 0 Å². The van der Waals surface area contributed by atoms with Crippen LogP contribution in [0.25, 0.3) is 11.1 Å². The molecular formula is C26H32N2O7. The third-order valence-corrected chi connectivity index (χ3v) is 5.35. The Morgan fingerprint density at radius 1 is 0.971 bits per heavy atom. The molecule has 1 aliphatic rings. The molecule has 3 rings (SSSR count).